The predicted octanol–water partition coefficient (Wildman–Crippen LogP) is 2.31. The Hall–Kier alpha value is -0.410. The highest BCUT2D eigenvalue weighted by atomic mass is 16.1. The summed E-state index contributed by atoms with van der Waals surface area (Å²) in [5.41, 5.74) is -0.356. The number of carbonyl (C=O) groups excluding carboxylic acids is 1. The standard InChI is InChI=1S/C12H24N2O.C2H6/c1-10(15)11(2,3)12(4,5)14-8-6-13-7-9-14;1-2/h13H,6-9H2,1-5H3;1-2H3. The van der Waals surface area contributed by atoms with Gasteiger partial charge in [0.1, 0.15) is 5.78 Å². The lowest BCUT2D eigenvalue weighted by Crippen LogP contribution is -2.61. The summed E-state index contributed by atoms with van der Waals surface area (Å²) >= 11 is 0. The van der Waals surface area contributed by atoms with Crippen LogP contribution in [-0.4, -0.2) is 42.4 Å². The maximum atomic E-state index is 11.7. The number of carbonyl (C=O) groups is 1. The fourth-order valence-corrected chi connectivity index (χ4v) is 2.05. The van der Waals surface area contributed by atoms with Gasteiger partial charge in [0.15, 0.2) is 0 Å². The Labute approximate surface area is 107 Å². The molecule has 0 amide bonds. The lowest BCUT2D eigenvalue weighted by molar-refractivity contribution is -0.133. The van der Waals surface area contributed by atoms with Crippen molar-refractivity contribution in [3.8, 4) is 0 Å². The highest BCUT2D eigenvalue weighted by molar-refractivity contribution is 5.83. The molecule has 17 heavy (non-hydrogen) atoms. The fraction of sp³-hybridized carbons (Fsp3) is 0.929. The summed E-state index contributed by atoms with van der Waals surface area (Å²) in [7, 11) is 0. The van der Waals surface area contributed by atoms with Gasteiger partial charge in [0, 0.05) is 37.1 Å². The van der Waals surface area contributed by atoms with Crippen LogP contribution in [0.5, 0.6) is 0 Å². The Bertz CT molecular complexity index is 241. The molecule has 1 rings (SSSR count). The Kier molecular flexibility index (Phi) is 6.35. The molecule has 3 nitrogen and oxygen atoms in total. The van der Waals surface area contributed by atoms with Crippen LogP contribution in [0.15, 0.2) is 0 Å². The monoisotopic (exact) mass is 242 g/mol. The quantitative estimate of drug-likeness (QED) is 0.824. The molecule has 0 spiro atoms. The van der Waals surface area contributed by atoms with Gasteiger partial charge in [-0.2, -0.15) is 0 Å². The second-order valence-electron chi connectivity index (χ2n) is 5.48. The van der Waals surface area contributed by atoms with Crippen molar-refractivity contribution >= 4 is 5.78 Å². The third-order valence-corrected chi connectivity index (χ3v) is 4.32. The molecular formula is C14H30N2O. The molecule has 0 aromatic rings. The van der Waals surface area contributed by atoms with E-state index in [0.717, 1.165) is 26.2 Å². The highest BCUT2D eigenvalue weighted by Crippen LogP contribution is 2.36. The molecule has 102 valence electrons. The van der Waals surface area contributed by atoms with Crippen LogP contribution in [0.4, 0.5) is 0 Å². The molecule has 0 radical (unpaired) electrons. The minimum absolute atomic E-state index is 0.0685. The number of hydrogen-bond donors (Lipinski definition) is 1. The van der Waals surface area contributed by atoms with Crippen LogP contribution in [0, 0.1) is 5.41 Å². The summed E-state index contributed by atoms with van der Waals surface area (Å²) in [6, 6.07) is 0. The number of nitrogens with zero attached hydrogens (tertiary/aromatic N) is 1. The largest absolute Gasteiger partial charge is 0.314 e. The second kappa shape index (κ2) is 6.50. The van der Waals surface area contributed by atoms with E-state index in [1.165, 1.54) is 0 Å². The minimum atomic E-state index is -0.287. The van der Waals surface area contributed by atoms with E-state index < -0.39 is 0 Å². The molecule has 1 heterocycles. The first-order valence-corrected chi connectivity index (χ1v) is 6.77. The van der Waals surface area contributed by atoms with Gasteiger partial charge < -0.3 is 5.32 Å². The zero-order valence-corrected chi connectivity index (χ0v) is 12.7. The van der Waals surface area contributed by atoms with E-state index in [1.54, 1.807) is 6.92 Å². The van der Waals surface area contributed by atoms with Gasteiger partial charge in [-0.25, -0.2) is 0 Å². The van der Waals surface area contributed by atoms with Crippen LogP contribution in [0.3, 0.4) is 0 Å². The summed E-state index contributed by atoms with van der Waals surface area (Å²) in [5, 5.41) is 3.34. The number of nitrogens with one attached hydrogen (secondary N) is 1. The minimum Gasteiger partial charge on any atom is -0.314 e. The zero-order chi connectivity index (χ0) is 13.7. The molecule has 1 aliphatic rings. The van der Waals surface area contributed by atoms with Gasteiger partial charge in [0.05, 0.1) is 0 Å². The molecule has 1 N–H and O–H groups in total. The van der Waals surface area contributed by atoms with Crippen molar-refractivity contribution in [3.05, 3.63) is 0 Å². The number of rotatable bonds is 3. The molecule has 0 aromatic heterocycles. The Balaban J connectivity index is 0.00000121. The summed E-state index contributed by atoms with van der Waals surface area (Å²) in [5.74, 6) is 0.269. The van der Waals surface area contributed by atoms with Gasteiger partial charge in [-0.3, -0.25) is 9.69 Å². The average Bonchev–Trinajstić information content (AvgIpc) is 2.32. The van der Waals surface area contributed by atoms with Gasteiger partial charge in [-0.1, -0.05) is 27.7 Å². The van der Waals surface area contributed by atoms with Crippen molar-refractivity contribution in [1.29, 1.82) is 0 Å². The van der Waals surface area contributed by atoms with E-state index in [-0.39, 0.29) is 16.7 Å². The SMILES string of the molecule is CC.CC(=O)C(C)(C)C(C)(C)N1CCNCC1. The smallest absolute Gasteiger partial charge is 0.137 e. The molecule has 1 fully saturated rings. The van der Waals surface area contributed by atoms with Crippen molar-refractivity contribution in [2.45, 2.75) is 54.0 Å². The van der Waals surface area contributed by atoms with E-state index in [9.17, 15) is 4.79 Å². The molecule has 3 heteroatoms. The van der Waals surface area contributed by atoms with Crippen molar-refractivity contribution in [3.63, 3.8) is 0 Å². The molecular weight excluding hydrogens is 212 g/mol. The summed E-state index contributed by atoms with van der Waals surface area (Å²) in [6.07, 6.45) is 0. The van der Waals surface area contributed by atoms with E-state index >= 15 is 0 Å². The maximum absolute atomic E-state index is 11.7. The van der Waals surface area contributed by atoms with E-state index in [4.69, 9.17) is 0 Å². The normalized spacial score (nSPS) is 18.3. The Morgan fingerprint density at radius 1 is 1.06 bits per heavy atom. The summed E-state index contributed by atoms with van der Waals surface area (Å²) < 4.78 is 0. The zero-order valence-electron chi connectivity index (χ0n) is 12.7. The fourth-order valence-electron chi connectivity index (χ4n) is 2.05. The lowest BCUT2D eigenvalue weighted by Gasteiger charge is -2.49. The van der Waals surface area contributed by atoms with Gasteiger partial charge in [0.2, 0.25) is 0 Å². The van der Waals surface area contributed by atoms with Crippen molar-refractivity contribution in [2.75, 3.05) is 26.2 Å². The molecule has 0 unspecified atom stereocenters. The first-order valence-electron chi connectivity index (χ1n) is 6.77. The van der Waals surface area contributed by atoms with E-state index in [1.807, 2.05) is 13.8 Å². The molecule has 0 saturated carbocycles. The molecule has 0 atom stereocenters. The topological polar surface area (TPSA) is 32.3 Å². The van der Waals surface area contributed by atoms with Crippen LogP contribution >= 0.6 is 0 Å². The third-order valence-electron chi connectivity index (χ3n) is 4.32. The van der Waals surface area contributed by atoms with Crippen molar-refractivity contribution in [2.24, 2.45) is 5.41 Å². The van der Waals surface area contributed by atoms with Gasteiger partial charge in [-0.05, 0) is 20.8 Å². The highest BCUT2D eigenvalue weighted by Gasteiger charge is 2.44. The molecule has 0 aromatic carbocycles. The van der Waals surface area contributed by atoms with Crippen LogP contribution in [0.2, 0.25) is 0 Å². The van der Waals surface area contributed by atoms with Crippen LogP contribution in [-0.2, 0) is 4.79 Å². The molecule has 1 aliphatic heterocycles. The van der Waals surface area contributed by atoms with Crippen LogP contribution in [0.25, 0.3) is 0 Å². The first kappa shape index (κ1) is 16.6. The Morgan fingerprint density at radius 2 is 1.47 bits per heavy atom. The van der Waals surface area contributed by atoms with Crippen molar-refractivity contribution < 1.29 is 4.79 Å². The lowest BCUT2D eigenvalue weighted by atomic mass is 9.70. The van der Waals surface area contributed by atoms with Crippen LogP contribution in [0.1, 0.15) is 48.5 Å². The summed E-state index contributed by atoms with van der Waals surface area (Å²) in [6.45, 7) is 18.3. The Morgan fingerprint density at radius 3 is 1.82 bits per heavy atom. The van der Waals surface area contributed by atoms with E-state index in [2.05, 4.69) is 37.9 Å². The maximum Gasteiger partial charge on any atom is 0.137 e. The first-order chi connectivity index (χ1) is 7.80. The van der Waals surface area contributed by atoms with E-state index in [0.29, 0.717) is 0 Å². The third kappa shape index (κ3) is 3.52. The van der Waals surface area contributed by atoms with Crippen LogP contribution < -0.4 is 5.32 Å². The van der Waals surface area contributed by atoms with Gasteiger partial charge >= 0.3 is 0 Å². The van der Waals surface area contributed by atoms with Crippen molar-refractivity contribution in [1.82, 2.24) is 10.2 Å². The molecule has 0 aliphatic carbocycles. The number of Topliss-reactive ketones (excluding diaryl/α,β-unsaturated/α-hetero) is 1. The summed E-state index contributed by atoms with van der Waals surface area (Å²) in [4.78, 5) is 14.1. The number of piperazine rings is 1. The molecule has 1 saturated heterocycles. The second-order valence-corrected chi connectivity index (χ2v) is 5.48. The average molecular weight is 242 g/mol. The predicted molar refractivity (Wildman–Crippen MR) is 74.3 cm³/mol. The number of ketones is 1. The molecule has 0 bridgehead atoms. The van der Waals surface area contributed by atoms with Gasteiger partial charge in [-0.15, -0.1) is 0 Å². The van der Waals surface area contributed by atoms with Gasteiger partial charge in [0.25, 0.3) is 0 Å². The number of hydrogen-bond acceptors (Lipinski definition) is 3.